The van der Waals surface area contributed by atoms with Crippen LogP contribution in [0, 0.1) is 0 Å². The summed E-state index contributed by atoms with van der Waals surface area (Å²) in [5.41, 5.74) is 0.280. The van der Waals surface area contributed by atoms with Crippen LogP contribution in [0.15, 0.2) is 18.2 Å². The van der Waals surface area contributed by atoms with Gasteiger partial charge in [-0.1, -0.05) is 25.4 Å². The largest absolute Gasteiger partial charge is 0.480 e. The fraction of sp³-hybridized carbons (Fsp3) is 0.429. The molecule has 2 N–H and O–H groups in total. The molecule has 0 atom stereocenters. The highest BCUT2D eigenvalue weighted by Gasteiger charge is 2.22. The van der Waals surface area contributed by atoms with Gasteiger partial charge in [0, 0.05) is 18.8 Å². The lowest BCUT2D eigenvalue weighted by Crippen LogP contribution is -2.36. The third-order valence-electron chi connectivity index (χ3n) is 2.98. The van der Waals surface area contributed by atoms with E-state index in [2.05, 4.69) is 5.32 Å². The van der Waals surface area contributed by atoms with Crippen molar-refractivity contribution in [1.29, 1.82) is 0 Å². The van der Waals surface area contributed by atoms with Crippen LogP contribution in [-0.2, 0) is 19.6 Å². The highest BCUT2D eigenvalue weighted by molar-refractivity contribution is 7.89. The first-order valence-electron chi connectivity index (χ1n) is 7.11. The van der Waals surface area contributed by atoms with Crippen molar-refractivity contribution in [1.82, 2.24) is 4.31 Å². The van der Waals surface area contributed by atoms with Gasteiger partial charge in [-0.3, -0.25) is 4.79 Å². The van der Waals surface area contributed by atoms with Gasteiger partial charge in [-0.25, -0.2) is 17.5 Å². The maximum atomic E-state index is 12.0. The second kappa shape index (κ2) is 8.86. The molecule has 1 rings (SSSR count). The lowest BCUT2D eigenvalue weighted by Gasteiger charge is -2.18. The maximum absolute atomic E-state index is 12.0. The number of carbonyl (C=O) groups excluding carboxylic acids is 1. The minimum Gasteiger partial charge on any atom is -0.480 e. The van der Waals surface area contributed by atoms with E-state index in [1.54, 1.807) is 13.8 Å². The number of hydrogen-bond acceptors (Lipinski definition) is 5. The molecule has 1 amide bonds. The number of nitrogens with one attached hydrogen (secondary N) is 1. The van der Waals surface area contributed by atoms with Crippen LogP contribution in [0.4, 0.5) is 5.69 Å². The standard InChI is InChI=1S/C14H19ClN2O6S/c1-3-17(4-2)24(21,22)9-13(18)16-10-5-6-12(11(15)7-10)23-8-14(19)20/h5-7H,3-4,8-9H2,1-2H3,(H,16,18)(H,19,20). The lowest BCUT2D eigenvalue weighted by atomic mass is 10.3. The van der Waals surface area contributed by atoms with Crippen LogP contribution in [0.25, 0.3) is 0 Å². The summed E-state index contributed by atoms with van der Waals surface area (Å²) in [7, 11) is -3.68. The second-order valence-electron chi connectivity index (χ2n) is 4.72. The van der Waals surface area contributed by atoms with Gasteiger partial charge in [-0.15, -0.1) is 0 Å². The molecular formula is C14H19ClN2O6S. The average Bonchev–Trinajstić information content (AvgIpc) is 2.46. The molecule has 0 aliphatic heterocycles. The van der Waals surface area contributed by atoms with Crippen molar-refractivity contribution < 1.29 is 27.9 Å². The number of anilines is 1. The molecule has 0 aliphatic rings. The Labute approximate surface area is 145 Å². The molecule has 0 fully saturated rings. The number of hydrogen-bond donors (Lipinski definition) is 2. The summed E-state index contributed by atoms with van der Waals surface area (Å²) >= 11 is 5.93. The first-order valence-corrected chi connectivity index (χ1v) is 9.10. The molecule has 24 heavy (non-hydrogen) atoms. The van der Waals surface area contributed by atoms with Gasteiger partial charge in [-0.2, -0.15) is 0 Å². The third-order valence-corrected chi connectivity index (χ3v) is 5.20. The topological polar surface area (TPSA) is 113 Å². The quantitative estimate of drug-likeness (QED) is 0.671. The van der Waals surface area contributed by atoms with Crippen molar-refractivity contribution in [2.75, 3.05) is 30.8 Å². The van der Waals surface area contributed by atoms with Crippen molar-refractivity contribution >= 4 is 39.2 Å². The molecule has 0 unspecified atom stereocenters. The van der Waals surface area contributed by atoms with Crippen LogP contribution >= 0.6 is 11.6 Å². The molecule has 0 spiro atoms. The zero-order valence-corrected chi connectivity index (χ0v) is 14.9. The van der Waals surface area contributed by atoms with Crippen LogP contribution in [0.3, 0.4) is 0 Å². The normalized spacial score (nSPS) is 11.3. The maximum Gasteiger partial charge on any atom is 0.341 e. The number of ether oxygens (including phenoxy) is 1. The molecule has 1 aromatic carbocycles. The van der Waals surface area contributed by atoms with Crippen molar-refractivity contribution in [2.45, 2.75) is 13.8 Å². The zero-order chi connectivity index (χ0) is 18.3. The highest BCUT2D eigenvalue weighted by Crippen LogP contribution is 2.27. The van der Waals surface area contributed by atoms with Gasteiger partial charge < -0.3 is 15.2 Å². The van der Waals surface area contributed by atoms with E-state index in [-0.39, 0.29) is 29.5 Å². The fourth-order valence-corrected chi connectivity index (χ4v) is 3.51. The van der Waals surface area contributed by atoms with Crippen molar-refractivity contribution in [3.8, 4) is 5.75 Å². The molecule has 134 valence electrons. The summed E-state index contributed by atoms with van der Waals surface area (Å²) in [5, 5.41) is 11.1. The first kappa shape index (κ1) is 20.2. The highest BCUT2D eigenvalue weighted by atomic mass is 35.5. The summed E-state index contributed by atoms with van der Waals surface area (Å²) in [4.78, 5) is 22.4. The van der Waals surface area contributed by atoms with E-state index in [0.29, 0.717) is 0 Å². The molecule has 0 heterocycles. The van der Waals surface area contributed by atoms with Crippen LogP contribution in [-0.4, -0.2) is 55.2 Å². The smallest absolute Gasteiger partial charge is 0.341 e. The van der Waals surface area contributed by atoms with E-state index >= 15 is 0 Å². The molecule has 10 heteroatoms. The van der Waals surface area contributed by atoms with E-state index in [0.717, 1.165) is 0 Å². The van der Waals surface area contributed by atoms with Gasteiger partial charge >= 0.3 is 5.97 Å². The summed E-state index contributed by atoms with van der Waals surface area (Å²) in [5.74, 6) is -2.38. The fourth-order valence-electron chi connectivity index (χ4n) is 1.91. The number of sulfonamides is 1. The molecule has 8 nitrogen and oxygen atoms in total. The van der Waals surface area contributed by atoms with Crippen LogP contribution < -0.4 is 10.1 Å². The van der Waals surface area contributed by atoms with Gasteiger partial charge in [-0.05, 0) is 18.2 Å². The first-order chi connectivity index (χ1) is 11.2. The summed E-state index contributed by atoms with van der Waals surface area (Å²) in [6.45, 7) is 3.40. The number of aliphatic carboxylic acids is 1. The Morgan fingerprint density at radius 3 is 2.42 bits per heavy atom. The number of carboxylic acid groups (broad SMARTS) is 1. The summed E-state index contributed by atoms with van der Waals surface area (Å²) in [6, 6.07) is 4.17. The number of rotatable bonds is 9. The SMILES string of the molecule is CCN(CC)S(=O)(=O)CC(=O)Nc1ccc(OCC(=O)O)c(Cl)c1. The number of carboxylic acids is 1. The average molecular weight is 379 g/mol. The summed E-state index contributed by atoms with van der Waals surface area (Å²) < 4.78 is 30.2. The Morgan fingerprint density at radius 1 is 1.29 bits per heavy atom. The number of benzene rings is 1. The Hall–Kier alpha value is -1.84. The lowest BCUT2D eigenvalue weighted by molar-refractivity contribution is -0.139. The van der Waals surface area contributed by atoms with Gasteiger partial charge in [0.05, 0.1) is 5.02 Å². The minimum atomic E-state index is -3.68. The van der Waals surface area contributed by atoms with Gasteiger partial charge in [0.25, 0.3) is 0 Å². The molecule has 0 saturated carbocycles. The van der Waals surface area contributed by atoms with E-state index in [4.69, 9.17) is 21.4 Å². The van der Waals surface area contributed by atoms with Gasteiger partial charge in [0.2, 0.25) is 15.9 Å². The van der Waals surface area contributed by atoms with Crippen LogP contribution in [0.1, 0.15) is 13.8 Å². The number of nitrogens with zero attached hydrogens (tertiary/aromatic N) is 1. The summed E-state index contributed by atoms with van der Waals surface area (Å²) in [6.07, 6.45) is 0. The molecular weight excluding hydrogens is 360 g/mol. The van der Waals surface area contributed by atoms with Gasteiger partial charge in [0.1, 0.15) is 11.5 Å². The Bertz CT molecular complexity index is 703. The van der Waals surface area contributed by atoms with Crippen molar-refractivity contribution in [3.63, 3.8) is 0 Å². The van der Waals surface area contributed by atoms with E-state index in [1.807, 2.05) is 0 Å². The molecule has 0 saturated heterocycles. The zero-order valence-electron chi connectivity index (χ0n) is 13.3. The molecule has 0 aromatic heterocycles. The molecule has 1 aromatic rings. The monoisotopic (exact) mass is 378 g/mol. The van der Waals surface area contributed by atoms with Crippen molar-refractivity contribution in [3.05, 3.63) is 23.2 Å². The van der Waals surface area contributed by atoms with Crippen molar-refractivity contribution in [2.24, 2.45) is 0 Å². The van der Waals surface area contributed by atoms with Crippen LogP contribution in [0.5, 0.6) is 5.75 Å². The Morgan fingerprint density at radius 2 is 1.92 bits per heavy atom. The number of carbonyl (C=O) groups is 2. The third kappa shape index (κ3) is 5.99. The second-order valence-corrected chi connectivity index (χ2v) is 7.09. The van der Waals surface area contributed by atoms with E-state index in [9.17, 15) is 18.0 Å². The predicted molar refractivity (Wildman–Crippen MR) is 89.9 cm³/mol. The minimum absolute atomic E-state index is 0.0978. The van der Waals surface area contributed by atoms with E-state index in [1.165, 1.54) is 22.5 Å². The van der Waals surface area contributed by atoms with Gasteiger partial charge in [0.15, 0.2) is 6.61 Å². The number of halogens is 1. The molecule has 0 aliphatic carbocycles. The molecule has 0 bridgehead atoms. The number of amides is 1. The van der Waals surface area contributed by atoms with Crippen LogP contribution in [0.2, 0.25) is 5.02 Å². The van der Waals surface area contributed by atoms with E-state index < -0.39 is 34.3 Å². The Kier molecular flexibility index (Phi) is 7.46. The predicted octanol–water partition coefficient (Wildman–Crippen LogP) is 1.41. The molecule has 0 radical (unpaired) electrons. The Balaban J connectivity index is 2.74.